The topological polar surface area (TPSA) is 3.24 Å². The molecule has 0 aromatic carbocycles. The Kier molecular flexibility index (Phi) is 12.2. The van der Waals surface area contributed by atoms with Crippen molar-refractivity contribution < 1.29 is 0 Å². The summed E-state index contributed by atoms with van der Waals surface area (Å²) >= 11 is 7.06. The highest BCUT2D eigenvalue weighted by atomic mass is 35.5. The van der Waals surface area contributed by atoms with Gasteiger partial charge in [-0.05, 0) is 38.8 Å². The molecule has 0 fully saturated rings. The molecular weight excluding hydrogens is 254 g/mol. The molecule has 0 rings (SSSR count). The molecule has 2 heteroatoms. The Labute approximate surface area is 127 Å². The van der Waals surface area contributed by atoms with E-state index < -0.39 is 0 Å². The quantitative estimate of drug-likeness (QED) is 0.288. The molecule has 19 heavy (non-hydrogen) atoms. The summed E-state index contributed by atoms with van der Waals surface area (Å²) < 4.78 is 0. The lowest BCUT2D eigenvalue weighted by Gasteiger charge is -2.40. The third-order valence-corrected chi connectivity index (χ3v) is 4.57. The summed E-state index contributed by atoms with van der Waals surface area (Å²) in [4.78, 5) is 2.52. The molecule has 116 valence electrons. The van der Waals surface area contributed by atoms with Crippen LogP contribution >= 0.6 is 11.6 Å². The number of alkyl halides is 1. The van der Waals surface area contributed by atoms with E-state index in [0.717, 1.165) is 12.8 Å². The van der Waals surface area contributed by atoms with Crippen molar-refractivity contribution in [1.29, 1.82) is 0 Å². The molecule has 0 atom stereocenters. The molecule has 0 bridgehead atoms. The van der Waals surface area contributed by atoms with E-state index in [1.807, 2.05) is 0 Å². The maximum Gasteiger partial charge on any atom is 0.0960 e. The van der Waals surface area contributed by atoms with Crippen LogP contribution < -0.4 is 0 Å². The molecule has 0 aliphatic rings. The lowest BCUT2D eigenvalue weighted by atomic mass is 10.00. The Hall–Kier alpha value is 0.250. The lowest BCUT2D eigenvalue weighted by molar-refractivity contribution is 0.132. The van der Waals surface area contributed by atoms with Crippen LogP contribution in [0.2, 0.25) is 0 Å². The van der Waals surface area contributed by atoms with Crippen LogP contribution in [-0.4, -0.2) is 23.0 Å². The zero-order valence-electron chi connectivity index (χ0n) is 13.8. The molecular formula is C17H36ClN. The van der Waals surface area contributed by atoms with Gasteiger partial charge in [-0.15, -0.1) is 11.6 Å². The molecule has 0 radical (unpaired) electrons. The summed E-state index contributed by atoms with van der Waals surface area (Å²) in [6.45, 7) is 11.4. The number of halogens is 1. The van der Waals surface area contributed by atoms with Crippen molar-refractivity contribution in [3.05, 3.63) is 0 Å². The molecule has 0 saturated carbocycles. The van der Waals surface area contributed by atoms with Gasteiger partial charge >= 0.3 is 0 Å². The van der Waals surface area contributed by atoms with Gasteiger partial charge < -0.3 is 0 Å². The molecule has 0 aromatic rings. The summed E-state index contributed by atoms with van der Waals surface area (Å²) in [5.41, 5.74) is 0. The SMILES string of the molecule is CCCCN(CCCC)C(Cl)(CCCC)CCCC. The molecule has 0 aliphatic heterocycles. The van der Waals surface area contributed by atoms with E-state index in [4.69, 9.17) is 11.6 Å². The van der Waals surface area contributed by atoms with Crippen molar-refractivity contribution >= 4 is 11.6 Å². The maximum atomic E-state index is 7.06. The predicted molar refractivity (Wildman–Crippen MR) is 89.0 cm³/mol. The van der Waals surface area contributed by atoms with Gasteiger partial charge in [0.2, 0.25) is 0 Å². The second kappa shape index (κ2) is 12.0. The molecule has 0 aliphatic carbocycles. The Morgan fingerprint density at radius 1 is 0.684 bits per heavy atom. The molecule has 0 unspecified atom stereocenters. The lowest BCUT2D eigenvalue weighted by Crippen LogP contribution is -2.45. The second-order valence-electron chi connectivity index (χ2n) is 5.82. The zero-order valence-corrected chi connectivity index (χ0v) is 14.6. The number of unbranched alkanes of at least 4 members (excludes halogenated alkanes) is 4. The van der Waals surface area contributed by atoms with Crippen molar-refractivity contribution in [1.82, 2.24) is 4.90 Å². The number of nitrogens with zero attached hydrogens (tertiary/aromatic N) is 1. The summed E-state index contributed by atoms with van der Waals surface area (Å²) in [5.74, 6) is 0. The molecule has 0 amide bonds. The largest absolute Gasteiger partial charge is 0.285 e. The third kappa shape index (κ3) is 8.19. The van der Waals surface area contributed by atoms with E-state index in [-0.39, 0.29) is 5.00 Å². The molecule has 0 spiro atoms. The van der Waals surface area contributed by atoms with E-state index in [0.29, 0.717) is 0 Å². The first-order valence-electron chi connectivity index (χ1n) is 8.58. The molecule has 0 heterocycles. The molecule has 0 aromatic heterocycles. The van der Waals surface area contributed by atoms with E-state index in [1.54, 1.807) is 0 Å². The fraction of sp³-hybridized carbons (Fsp3) is 1.00. The number of hydrogen-bond donors (Lipinski definition) is 0. The van der Waals surface area contributed by atoms with Gasteiger partial charge in [0, 0.05) is 0 Å². The van der Waals surface area contributed by atoms with E-state index in [1.165, 1.54) is 64.5 Å². The van der Waals surface area contributed by atoms with Crippen LogP contribution in [-0.2, 0) is 0 Å². The van der Waals surface area contributed by atoms with Crippen LogP contribution in [0, 0.1) is 0 Å². The first kappa shape index (κ1) is 19.2. The molecule has 1 nitrogen and oxygen atoms in total. The second-order valence-corrected chi connectivity index (χ2v) is 6.52. The maximum absolute atomic E-state index is 7.06. The van der Waals surface area contributed by atoms with Crippen molar-refractivity contribution in [2.75, 3.05) is 13.1 Å². The molecule has 0 saturated heterocycles. The minimum Gasteiger partial charge on any atom is -0.285 e. The zero-order chi connectivity index (χ0) is 14.6. The number of rotatable bonds is 13. The van der Waals surface area contributed by atoms with Crippen molar-refractivity contribution in [3.8, 4) is 0 Å². The highest BCUT2D eigenvalue weighted by molar-refractivity contribution is 6.23. The van der Waals surface area contributed by atoms with Gasteiger partial charge in [0.25, 0.3) is 0 Å². The predicted octanol–water partition coefficient (Wildman–Crippen LogP) is 6.20. The summed E-state index contributed by atoms with van der Waals surface area (Å²) in [6.07, 6.45) is 12.4. The van der Waals surface area contributed by atoms with Crippen LogP contribution in [0.15, 0.2) is 0 Å². The Morgan fingerprint density at radius 2 is 1.05 bits per heavy atom. The average Bonchev–Trinajstić information content (AvgIpc) is 2.43. The van der Waals surface area contributed by atoms with Gasteiger partial charge in [0.1, 0.15) is 0 Å². The fourth-order valence-corrected chi connectivity index (χ4v) is 2.98. The summed E-state index contributed by atoms with van der Waals surface area (Å²) in [7, 11) is 0. The highest BCUT2D eigenvalue weighted by Gasteiger charge is 2.32. The van der Waals surface area contributed by atoms with Gasteiger partial charge in [0.15, 0.2) is 0 Å². The Morgan fingerprint density at radius 3 is 1.37 bits per heavy atom. The normalized spacial score (nSPS) is 12.3. The van der Waals surface area contributed by atoms with Gasteiger partial charge in [-0.2, -0.15) is 0 Å². The van der Waals surface area contributed by atoms with Crippen molar-refractivity contribution in [3.63, 3.8) is 0 Å². The van der Waals surface area contributed by atoms with Gasteiger partial charge in [-0.1, -0.05) is 66.2 Å². The minimum absolute atomic E-state index is 0.0731. The van der Waals surface area contributed by atoms with Crippen LogP contribution in [0.1, 0.15) is 91.9 Å². The van der Waals surface area contributed by atoms with Gasteiger partial charge in [-0.25, -0.2) is 0 Å². The number of hydrogen-bond acceptors (Lipinski definition) is 1. The third-order valence-electron chi connectivity index (χ3n) is 3.96. The minimum atomic E-state index is -0.0731. The standard InChI is InChI=1S/C17H36ClN/c1-5-9-13-17(18,14-10-6-2)19(15-11-7-3)16-12-8-4/h5-16H2,1-4H3. The highest BCUT2D eigenvalue weighted by Crippen LogP contribution is 2.33. The summed E-state index contributed by atoms with van der Waals surface area (Å²) in [6, 6.07) is 0. The monoisotopic (exact) mass is 289 g/mol. The Bertz CT molecular complexity index is 178. The van der Waals surface area contributed by atoms with Gasteiger partial charge in [-0.3, -0.25) is 4.90 Å². The van der Waals surface area contributed by atoms with Crippen LogP contribution in [0.3, 0.4) is 0 Å². The summed E-state index contributed by atoms with van der Waals surface area (Å²) in [5, 5.41) is 0. The van der Waals surface area contributed by atoms with Crippen molar-refractivity contribution in [2.24, 2.45) is 0 Å². The first-order chi connectivity index (χ1) is 9.14. The van der Waals surface area contributed by atoms with E-state index in [9.17, 15) is 0 Å². The van der Waals surface area contributed by atoms with Crippen LogP contribution in [0.4, 0.5) is 0 Å². The smallest absolute Gasteiger partial charge is 0.0960 e. The van der Waals surface area contributed by atoms with Crippen LogP contribution in [0.5, 0.6) is 0 Å². The first-order valence-corrected chi connectivity index (χ1v) is 8.96. The van der Waals surface area contributed by atoms with E-state index >= 15 is 0 Å². The Balaban J connectivity index is 4.64. The van der Waals surface area contributed by atoms with E-state index in [2.05, 4.69) is 32.6 Å². The van der Waals surface area contributed by atoms with Gasteiger partial charge in [0.05, 0.1) is 5.00 Å². The molecule has 0 N–H and O–H groups in total. The average molecular weight is 290 g/mol. The fourth-order valence-electron chi connectivity index (χ4n) is 2.55. The van der Waals surface area contributed by atoms with Crippen LogP contribution in [0.25, 0.3) is 0 Å². The van der Waals surface area contributed by atoms with Crippen molar-refractivity contribution in [2.45, 2.75) is 96.9 Å².